The highest BCUT2D eigenvalue weighted by molar-refractivity contribution is 5.90. The molecule has 0 saturated carbocycles. The van der Waals surface area contributed by atoms with Crippen molar-refractivity contribution in [1.29, 1.82) is 0 Å². The molecule has 2 atom stereocenters. The number of rotatable bonds is 3. The monoisotopic (exact) mass is 261 g/mol. The van der Waals surface area contributed by atoms with E-state index in [0.717, 1.165) is 36.6 Å². The van der Waals surface area contributed by atoms with Gasteiger partial charge in [0.1, 0.15) is 11.5 Å². The molecule has 19 heavy (non-hydrogen) atoms. The van der Waals surface area contributed by atoms with Gasteiger partial charge in [0, 0.05) is 36.7 Å². The molecule has 1 aromatic carbocycles. The van der Waals surface area contributed by atoms with E-state index in [1.165, 1.54) is 5.71 Å². The molecule has 5 nitrogen and oxygen atoms in total. The van der Waals surface area contributed by atoms with Crippen molar-refractivity contribution < 1.29 is 9.47 Å². The highest BCUT2D eigenvalue weighted by Crippen LogP contribution is 2.37. The van der Waals surface area contributed by atoms with Crippen LogP contribution < -0.4 is 20.2 Å². The molecule has 1 aromatic rings. The number of methoxy groups -OCH3 is 2. The van der Waals surface area contributed by atoms with E-state index in [9.17, 15) is 0 Å². The summed E-state index contributed by atoms with van der Waals surface area (Å²) in [6, 6.07) is 6.05. The molecule has 0 amide bonds. The summed E-state index contributed by atoms with van der Waals surface area (Å²) >= 11 is 0. The van der Waals surface area contributed by atoms with Crippen molar-refractivity contribution in [3.05, 3.63) is 23.8 Å². The van der Waals surface area contributed by atoms with Crippen molar-refractivity contribution >= 4 is 5.71 Å². The van der Waals surface area contributed by atoms with Gasteiger partial charge in [-0.1, -0.05) is 0 Å². The van der Waals surface area contributed by atoms with Gasteiger partial charge in [-0.25, -0.2) is 0 Å². The Morgan fingerprint density at radius 3 is 2.95 bits per heavy atom. The summed E-state index contributed by atoms with van der Waals surface area (Å²) in [6.45, 7) is 1.97. The molecular weight excluding hydrogens is 242 g/mol. The van der Waals surface area contributed by atoms with Crippen LogP contribution in [0.4, 0.5) is 0 Å². The largest absolute Gasteiger partial charge is 0.497 e. The fourth-order valence-electron chi connectivity index (χ4n) is 2.84. The van der Waals surface area contributed by atoms with E-state index in [1.54, 1.807) is 14.2 Å². The highest BCUT2D eigenvalue weighted by Gasteiger charge is 2.35. The Morgan fingerprint density at radius 1 is 1.26 bits per heavy atom. The fraction of sp³-hybridized carbons (Fsp3) is 0.500. The summed E-state index contributed by atoms with van der Waals surface area (Å²) in [4.78, 5) is 0. The quantitative estimate of drug-likeness (QED) is 0.861. The molecule has 0 bridgehead atoms. The Hall–Kier alpha value is -1.75. The molecule has 3 rings (SSSR count). The normalized spacial score (nSPS) is 25.3. The van der Waals surface area contributed by atoms with Crippen LogP contribution in [0, 0.1) is 5.92 Å². The summed E-state index contributed by atoms with van der Waals surface area (Å²) in [5, 5.41) is 7.91. The van der Waals surface area contributed by atoms with E-state index in [2.05, 4.69) is 15.8 Å². The molecule has 0 spiro atoms. The van der Waals surface area contributed by atoms with Crippen LogP contribution in [0.25, 0.3) is 0 Å². The third-order valence-corrected chi connectivity index (χ3v) is 3.87. The number of fused-ring (bicyclic) bond motifs is 1. The van der Waals surface area contributed by atoms with Gasteiger partial charge >= 0.3 is 0 Å². The first kappa shape index (κ1) is 12.3. The van der Waals surface area contributed by atoms with E-state index >= 15 is 0 Å². The minimum Gasteiger partial charge on any atom is -0.497 e. The number of nitrogens with one attached hydrogen (secondary N) is 2. The lowest BCUT2D eigenvalue weighted by Gasteiger charge is -2.26. The van der Waals surface area contributed by atoms with Crippen LogP contribution in [0.3, 0.4) is 0 Å². The molecule has 0 radical (unpaired) electrons. The second kappa shape index (κ2) is 5.09. The van der Waals surface area contributed by atoms with Crippen molar-refractivity contribution in [3.63, 3.8) is 0 Å². The lowest BCUT2D eigenvalue weighted by Crippen LogP contribution is -2.38. The van der Waals surface area contributed by atoms with Crippen LogP contribution in [-0.2, 0) is 0 Å². The predicted octanol–water partition coefficient (Wildman–Crippen LogP) is 1.31. The average Bonchev–Trinajstić information content (AvgIpc) is 2.90. The van der Waals surface area contributed by atoms with Gasteiger partial charge in [-0.3, -0.25) is 0 Å². The highest BCUT2D eigenvalue weighted by atomic mass is 16.5. The van der Waals surface area contributed by atoms with Crippen LogP contribution in [0.5, 0.6) is 11.5 Å². The molecule has 5 heteroatoms. The summed E-state index contributed by atoms with van der Waals surface area (Å²) in [7, 11) is 3.37. The topological polar surface area (TPSA) is 54.9 Å². The number of piperidine rings is 1. The first-order chi connectivity index (χ1) is 9.33. The van der Waals surface area contributed by atoms with E-state index in [4.69, 9.17) is 9.47 Å². The molecule has 2 heterocycles. The predicted molar refractivity (Wildman–Crippen MR) is 73.8 cm³/mol. The summed E-state index contributed by atoms with van der Waals surface area (Å²) in [5.74, 6) is 2.12. The molecule has 2 unspecified atom stereocenters. The maximum atomic E-state index is 5.47. The van der Waals surface area contributed by atoms with Crippen LogP contribution in [0.15, 0.2) is 23.3 Å². The van der Waals surface area contributed by atoms with Gasteiger partial charge < -0.3 is 20.2 Å². The minimum atomic E-state index is 0.160. The van der Waals surface area contributed by atoms with Crippen molar-refractivity contribution in [1.82, 2.24) is 10.7 Å². The number of hydrogen-bond donors (Lipinski definition) is 2. The van der Waals surface area contributed by atoms with E-state index in [0.29, 0.717) is 5.92 Å². The summed E-state index contributed by atoms with van der Waals surface area (Å²) in [6.07, 6.45) is 1.01. The number of hydrazone groups is 1. The Balaban J connectivity index is 1.93. The van der Waals surface area contributed by atoms with Crippen molar-refractivity contribution in [3.8, 4) is 11.5 Å². The van der Waals surface area contributed by atoms with Crippen molar-refractivity contribution in [2.45, 2.75) is 12.5 Å². The molecule has 0 aromatic heterocycles. The first-order valence-electron chi connectivity index (χ1n) is 6.58. The molecule has 2 aliphatic heterocycles. The van der Waals surface area contributed by atoms with E-state index in [-0.39, 0.29) is 6.04 Å². The Labute approximate surface area is 113 Å². The molecular formula is C14H19N3O2. The summed E-state index contributed by atoms with van der Waals surface area (Å²) < 4.78 is 10.8. The van der Waals surface area contributed by atoms with Crippen LogP contribution in [0.2, 0.25) is 0 Å². The zero-order valence-electron chi connectivity index (χ0n) is 11.3. The maximum Gasteiger partial charge on any atom is 0.124 e. The standard InChI is InChI=1S/C14H19N3O2/c1-18-9-3-4-13(19-2)10(7-9)14-11-8-15-6-5-12(11)16-17-14/h3-4,7,11,14-15,17H,5-6,8H2,1-2H3. The second-order valence-electron chi connectivity index (χ2n) is 4.88. The molecule has 1 fully saturated rings. The first-order valence-corrected chi connectivity index (χ1v) is 6.58. The van der Waals surface area contributed by atoms with Gasteiger partial charge in [0.15, 0.2) is 0 Å². The Bertz CT molecular complexity index is 501. The fourth-order valence-corrected chi connectivity index (χ4v) is 2.84. The minimum absolute atomic E-state index is 0.160. The average molecular weight is 261 g/mol. The lowest BCUT2D eigenvalue weighted by atomic mass is 9.87. The zero-order chi connectivity index (χ0) is 13.2. The van der Waals surface area contributed by atoms with Crippen molar-refractivity contribution in [2.24, 2.45) is 11.0 Å². The van der Waals surface area contributed by atoms with Gasteiger partial charge in [0.2, 0.25) is 0 Å². The molecule has 2 N–H and O–H groups in total. The Morgan fingerprint density at radius 2 is 2.16 bits per heavy atom. The van der Waals surface area contributed by atoms with Crippen molar-refractivity contribution in [2.75, 3.05) is 27.3 Å². The van der Waals surface area contributed by atoms with Gasteiger partial charge in [-0.2, -0.15) is 5.10 Å². The lowest BCUT2D eigenvalue weighted by molar-refractivity contribution is 0.379. The smallest absolute Gasteiger partial charge is 0.124 e. The van der Waals surface area contributed by atoms with Crippen LogP contribution >= 0.6 is 0 Å². The number of nitrogens with zero attached hydrogens (tertiary/aromatic N) is 1. The van der Waals surface area contributed by atoms with E-state index in [1.807, 2.05) is 18.2 Å². The molecule has 2 aliphatic rings. The number of benzene rings is 1. The molecule has 0 aliphatic carbocycles. The number of ether oxygens (including phenoxy) is 2. The zero-order valence-corrected chi connectivity index (χ0v) is 11.3. The molecule has 1 saturated heterocycles. The van der Waals surface area contributed by atoms with Gasteiger partial charge in [-0.15, -0.1) is 0 Å². The van der Waals surface area contributed by atoms with Crippen LogP contribution in [0.1, 0.15) is 18.0 Å². The van der Waals surface area contributed by atoms with Gasteiger partial charge in [0.25, 0.3) is 0 Å². The Kier molecular flexibility index (Phi) is 3.29. The summed E-state index contributed by atoms with van der Waals surface area (Å²) in [5.41, 5.74) is 5.62. The number of hydrogen-bond acceptors (Lipinski definition) is 5. The second-order valence-corrected chi connectivity index (χ2v) is 4.88. The third-order valence-electron chi connectivity index (χ3n) is 3.87. The molecule has 102 valence electrons. The third kappa shape index (κ3) is 2.14. The van der Waals surface area contributed by atoms with E-state index < -0.39 is 0 Å². The SMILES string of the molecule is COc1ccc(OC)c(C2NN=C3CCNCC32)c1. The maximum absolute atomic E-state index is 5.47. The van der Waals surface area contributed by atoms with Gasteiger partial charge in [0.05, 0.1) is 20.3 Å². The van der Waals surface area contributed by atoms with Crippen LogP contribution in [-0.4, -0.2) is 33.0 Å². The van der Waals surface area contributed by atoms with Gasteiger partial charge in [-0.05, 0) is 18.2 Å².